The van der Waals surface area contributed by atoms with Crippen LogP contribution in [0.15, 0.2) is 29.9 Å². The predicted molar refractivity (Wildman–Crippen MR) is 90.8 cm³/mol. The lowest BCUT2D eigenvalue weighted by molar-refractivity contribution is 0.0723. The van der Waals surface area contributed by atoms with Gasteiger partial charge in [0.2, 0.25) is 0 Å². The number of carbonyl (C=O) groups excluding carboxylic acids is 1. The van der Waals surface area contributed by atoms with Crippen molar-refractivity contribution >= 4 is 43.9 Å². The first-order valence-electron chi connectivity index (χ1n) is 7.32. The topological polar surface area (TPSA) is 61.0 Å². The van der Waals surface area contributed by atoms with Crippen LogP contribution >= 0.6 is 22.7 Å². The Labute approximate surface area is 136 Å². The van der Waals surface area contributed by atoms with Crippen LogP contribution in [0.25, 0.3) is 10.2 Å². The highest BCUT2D eigenvalue weighted by molar-refractivity contribution is 7.20. The van der Waals surface area contributed by atoms with Crippen LogP contribution in [0.1, 0.15) is 22.5 Å². The zero-order valence-corrected chi connectivity index (χ0v) is 13.5. The number of H-pyrrole nitrogens is 1. The van der Waals surface area contributed by atoms with Gasteiger partial charge in [0, 0.05) is 36.9 Å². The molecule has 0 spiro atoms. The largest absolute Gasteiger partial charge is 0.360 e. The number of rotatable bonds is 3. The molecule has 1 saturated heterocycles. The number of aromatic nitrogens is 2. The lowest BCUT2D eigenvalue weighted by atomic mass is 10.1. The van der Waals surface area contributed by atoms with Crippen molar-refractivity contribution in [3.8, 4) is 0 Å². The van der Waals surface area contributed by atoms with E-state index in [1.807, 2.05) is 34.8 Å². The number of hydrogen-bond acceptors (Lipinski definition) is 5. The fourth-order valence-electron chi connectivity index (χ4n) is 2.81. The van der Waals surface area contributed by atoms with Crippen molar-refractivity contribution in [2.45, 2.75) is 18.9 Å². The van der Waals surface area contributed by atoms with Crippen molar-refractivity contribution < 1.29 is 4.79 Å². The summed E-state index contributed by atoms with van der Waals surface area (Å²) in [7, 11) is 0. The quantitative estimate of drug-likeness (QED) is 0.773. The van der Waals surface area contributed by atoms with Gasteiger partial charge in [0.25, 0.3) is 5.91 Å². The molecule has 0 bridgehead atoms. The molecule has 4 rings (SSSR count). The van der Waals surface area contributed by atoms with Gasteiger partial charge in [0.1, 0.15) is 0 Å². The number of piperidine rings is 1. The van der Waals surface area contributed by atoms with Gasteiger partial charge in [-0.15, -0.1) is 22.7 Å². The first-order chi connectivity index (χ1) is 10.8. The lowest BCUT2D eigenvalue weighted by Gasteiger charge is -2.32. The van der Waals surface area contributed by atoms with E-state index in [4.69, 9.17) is 0 Å². The van der Waals surface area contributed by atoms with E-state index in [0.717, 1.165) is 46.2 Å². The molecule has 1 aliphatic rings. The van der Waals surface area contributed by atoms with Crippen LogP contribution in [0.2, 0.25) is 0 Å². The fourth-order valence-corrected chi connectivity index (χ4v) is 4.41. The van der Waals surface area contributed by atoms with E-state index in [-0.39, 0.29) is 5.91 Å². The smallest absolute Gasteiger partial charge is 0.264 e. The van der Waals surface area contributed by atoms with Gasteiger partial charge in [-0.25, -0.2) is 4.98 Å². The molecular formula is C15H16N4OS2. The Kier molecular flexibility index (Phi) is 3.59. The summed E-state index contributed by atoms with van der Waals surface area (Å²) in [5.74, 6) is 0.155. The summed E-state index contributed by atoms with van der Waals surface area (Å²) in [6.07, 6.45) is 5.65. The number of thiazole rings is 1. The SMILES string of the molecule is O=C(c1cc2[nH]ccc2s1)N1CCC(Nc2nccs2)CC1. The van der Waals surface area contributed by atoms with Crippen LogP contribution in [0.5, 0.6) is 0 Å². The van der Waals surface area contributed by atoms with Gasteiger partial charge in [-0.05, 0) is 25.0 Å². The van der Waals surface area contributed by atoms with E-state index >= 15 is 0 Å². The highest BCUT2D eigenvalue weighted by atomic mass is 32.1. The van der Waals surface area contributed by atoms with Crippen LogP contribution in [-0.2, 0) is 0 Å². The van der Waals surface area contributed by atoms with E-state index in [1.165, 1.54) is 0 Å². The van der Waals surface area contributed by atoms with Crippen molar-refractivity contribution in [2.24, 2.45) is 0 Å². The molecule has 0 saturated carbocycles. The Hall–Kier alpha value is -1.86. The number of thiophene rings is 1. The van der Waals surface area contributed by atoms with E-state index < -0.39 is 0 Å². The molecule has 2 N–H and O–H groups in total. The Bertz CT molecular complexity index is 740. The Morgan fingerprint density at radius 1 is 1.41 bits per heavy atom. The van der Waals surface area contributed by atoms with E-state index in [1.54, 1.807) is 22.7 Å². The third-order valence-corrected chi connectivity index (χ3v) is 5.78. The maximum atomic E-state index is 12.6. The zero-order chi connectivity index (χ0) is 14.9. The van der Waals surface area contributed by atoms with Crippen molar-refractivity contribution in [1.29, 1.82) is 0 Å². The molecule has 3 aromatic heterocycles. The molecule has 1 amide bonds. The van der Waals surface area contributed by atoms with Gasteiger partial charge >= 0.3 is 0 Å². The maximum absolute atomic E-state index is 12.6. The summed E-state index contributed by atoms with van der Waals surface area (Å²) >= 11 is 3.18. The normalized spacial score (nSPS) is 16.3. The second-order valence-electron chi connectivity index (χ2n) is 5.41. The van der Waals surface area contributed by atoms with Crippen LogP contribution in [0.3, 0.4) is 0 Å². The van der Waals surface area contributed by atoms with E-state index in [0.29, 0.717) is 6.04 Å². The first kappa shape index (κ1) is 13.8. The number of nitrogens with one attached hydrogen (secondary N) is 2. The zero-order valence-electron chi connectivity index (χ0n) is 11.9. The first-order valence-corrected chi connectivity index (χ1v) is 9.01. The summed E-state index contributed by atoms with van der Waals surface area (Å²) in [5.41, 5.74) is 1.05. The summed E-state index contributed by atoms with van der Waals surface area (Å²) in [6, 6.07) is 4.39. The minimum Gasteiger partial charge on any atom is -0.360 e. The number of aromatic amines is 1. The molecule has 1 aliphatic heterocycles. The Morgan fingerprint density at radius 2 is 2.27 bits per heavy atom. The van der Waals surface area contributed by atoms with E-state index in [2.05, 4.69) is 15.3 Å². The van der Waals surface area contributed by atoms with Gasteiger partial charge in [0.05, 0.1) is 15.1 Å². The monoisotopic (exact) mass is 332 g/mol. The molecule has 5 nitrogen and oxygen atoms in total. The number of likely N-dealkylation sites (tertiary alicyclic amines) is 1. The van der Waals surface area contributed by atoms with Gasteiger partial charge in [-0.2, -0.15) is 0 Å². The molecule has 4 heterocycles. The maximum Gasteiger partial charge on any atom is 0.264 e. The van der Waals surface area contributed by atoms with Gasteiger partial charge in [-0.1, -0.05) is 0 Å². The number of anilines is 1. The molecule has 1 fully saturated rings. The van der Waals surface area contributed by atoms with Crippen molar-refractivity contribution in [2.75, 3.05) is 18.4 Å². The number of carbonyl (C=O) groups is 1. The Balaban J connectivity index is 1.38. The van der Waals surface area contributed by atoms with Crippen molar-refractivity contribution in [3.05, 3.63) is 34.8 Å². The molecule has 114 valence electrons. The highest BCUT2D eigenvalue weighted by Crippen LogP contribution is 2.27. The predicted octanol–water partition coefficient (Wildman–Crippen LogP) is 3.40. The lowest BCUT2D eigenvalue weighted by Crippen LogP contribution is -2.42. The molecular weight excluding hydrogens is 316 g/mol. The highest BCUT2D eigenvalue weighted by Gasteiger charge is 2.25. The number of hydrogen-bond donors (Lipinski definition) is 2. The van der Waals surface area contributed by atoms with Crippen LogP contribution in [0, 0.1) is 0 Å². The molecule has 3 aromatic rings. The summed E-state index contributed by atoms with van der Waals surface area (Å²) in [6.45, 7) is 1.60. The van der Waals surface area contributed by atoms with Crippen LogP contribution in [-0.4, -0.2) is 39.9 Å². The average Bonchev–Trinajstić information content (AvgIpc) is 3.24. The molecule has 0 unspecified atom stereocenters. The summed E-state index contributed by atoms with van der Waals surface area (Å²) in [4.78, 5) is 22.8. The second-order valence-corrected chi connectivity index (χ2v) is 7.39. The van der Waals surface area contributed by atoms with Gasteiger partial charge in [0.15, 0.2) is 5.13 Å². The number of amides is 1. The number of nitrogens with zero attached hydrogens (tertiary/aromatic N) is 2. The van der Waals surface area contributed by atoms with Gasteiger partial charge in [-0.3, -0.25) is 4.79 Å². The van der Waals surface area contributed by atoms with Crippen LogP contribution in [0.4, 0.5) is 5.13 Å². The molecule has 0 atom stereocenters. The van der Waals surface area contributed by atoms with E-state index in [9.17, 15) is 4.79 Å². The molecule has 0 radical (unpaired) electrons. The van der Waals surface area contributed by atoms with Gasteiger partial charge < -0.3 is 15.2 Å². The van der Waals surface area contributed by atoms with Crippen molar-refractivity contribution in [3.63, 3.8) is 0 Å². The van der Waals surface area contributed by atoms with Crippen LogP contribution < -0.4 is 5.32 Å². The molecule has 0 aliphatic carbocycles. The summed E-state index contributed by atoms with van der Waals surface area (Å²) in [5, 5.41) is 6.39. The average molecular weight is 332 g/mol. The molecule has 7 heteroatoms. The second kappa shape index (κ2) is 5.73. The summed E-state index contributed by atoms with van der Waals surface area (Å²) < 4.78 is 1.14. The minimum absolute atomic E-state index is 0.155. The standard InChI is InChI=1S/C15H16N4OS2/c20-14(13-9-11-12(22-13)1-4-16-11)19-6-2-10(3-7-19)18-15-17-5-8-21-15/h1,4-5,8-10,16H,2-3,6-7H2,(H,17,18). The third-order valence-electron chi connectivity index (χ3n) is 3.99. The third kappa shape index (κ3) is 2.62. The van der Waals surface area contributed by atoms with Crippen molar-refractivity contribution in [1.82, 2.24) is 14.9 Å². The fraction of sp³-hybridized carbons (Fsp3) is 0.333. The minimum atomic E-state index is 0.155. The molecule has 22 heavy (non-hydrogen) atoms. The number of fused-ring (bicyclic) bond motifs is 1. The Morgan fingerprint density at radius 3 is 3.00 bits per heavy atom. The molecule has 0 aromatic carbocycles.